The molecule has 21 heavy (non-hydrogen) atoms. The Balaban J connectivity index is 1.73. The Hall–Kier alpha value is -2.04. The first kappa shape index (κ1) is 13.9. The summed E-state index contributed by atoms with van der Waals surface area (Å²) >= 11 is 0. The summed E-state index contributed by atoms with van der Waals surface area (Å²) in [5.74, 6) is -0.328. The summed E-state index contributed by atoms with van der Waals surface area (Å²) in [6.07, 6.45) is 4.58. The van der Waals surface area contributed by atoms with Gasteiger partial charge in [0.15, 0.2) is 0 Å². The summed E-state index contributed by atoms with van der Waals surface area (Å²) < 4.78 is 0. The van der Waals surface area contributed by atoms with Crippen molar-refractivity contribution >= 4 is 17.7 Å². The van der Waals surface area contributed by atoms with Crippen LogP contribution in [0.5, 0.6) is 0 Å². The summed E-state index contributed by atoms with van der Waals surface area (Å²) in [5, 5.41) is 11.9. The van der Waals surface area contributed by atoms with Gasteiger partial charge in [-0.3, -0.25) is 0 Å². The average Bonchev–Trinajstić information content (AvgIpc) is 3.31. The van der Waals surface area contributed by atoms with Crippen molar-refractivity contribution in [3.63, 3.8) is 0 Å². The number of hydrogen-bond donors (Lipinski definition) is 2. The number of hydrogen-bond acceptors (Lipinski definition) is 2. The zero-order chi connectivity index (χ0) is 15.0. The molecular weight excluding hydrogens is 268 g/mol. The third kappa shape index (κ3) is 3.35. The molecule has 2 aliphatic carbocycles. The number of carbonyl (C=O) groups is 2. The minimum Gasteiger partial charge on any atom is -0.478 e. The molecule has 2 amide bonds. The Labute approximate surface area is 123 Å². The SMILES string of the molecule is Cc1ccc(C(=O)O)cc1NC(=O)N(CC1CC1)C1CC1. The largest absolute Gasteiger partial charge is 0.478 e. The third-order valence-electron chi connectivity index (χ3n) is 4.13. The van der Waals surface area contributed by atoms with Crippen molar-refractivity contribution in [2.75, 3.05) is 11.9 Å². The molecule has 2 saturated carbocycles. The van der Waals surface area contributed by atoms with Crippen LogP contribution in [0.1, 0.15) is 41.6 Å². The highest BCUT2D eigenvalue weighted by Crippen LogP contribution is 2.35. The minimum atomic E-state index is -0.984. The van der Waals surface area contributed by atoms with Crippen LogP contribution in [0.4, 0.5) is 10.5 Å². The number of carboxylic acids is 1. The average molecular weight is 288 g/mol. The van der Waals surface area contributed by atoms with Crippen molar-refractivity contribution in [2.24, 2.45) is 5.92 Å². The first-order chi connectivity index (χ1) is 10.0. The Kier molecular flexibility index (Phi) is 3.57. The molecule has 2 N–H and O–H groups in total. The summed E-state index contributed by atoms with van der Waals surface area (Å²) in [6.45, 7) is 2.69. The van der Waals surface area contributed by atoms with E-state index in [1.165, 1.54) is 18.9 Å². The lowest BCUT2D eigenvalue weighted by atomic mass is 10.1. The second-order valence-corrected chi connectivity index (χ2v) is 6.09. The van der Waals surface area contributed by atoms with E-state index < -0.39 is 5.97 Å². The van der Waals surface area contributed by atoms with Crippen LogP contribution in [0.3, 0.4) is 0 Å². The zero-order valence-electron chi connectivity index (χ0n) is 12.1. The van der Waals surface area contributed by atoms with Gasteiger partial charge < -0.3 is 15.3 Å². The van der Waals surface area contributed by atoms with Crippen molar-refractivity contribution in [1.82, 2.24) is 4.90 Å². The summed E-state index contributed by atoms with van der Waals surface area (Å²) in [4.78, 5) is 25.4. The lowest BCUT2D eigenvalue weighted by Gasteiger charge is -2.23. The zero-order valence-corrected chi connectivity index (χ0v) is 12.1. The molecule has 2 aliphatic rings. The lowest BCUT2D eigenvalue weighted by molar-refractivity contribution is 0.0697. The molecule has 2 fully saturated rings. The highest BCUT2D eigenvalue weighted by molar-refractivity contribution is 5.94. The Bertz CT molecular complexity index is 577. The maximum atomic E-state index is 12.5. The van der Waals surface area contributed by atoms with Crippen molar-refractivity contribution in [3.8, 4) is 0 Å². The van der Waals surface area contributed by atoms with Gasteiger partial charge in [-0.25, -0.2) is 9.59 Å². The predicted octanol–water partition coefficient (Wildman–Crippen LogP) is 3.10. The van der Waals surface area contributed by atoms with Gasteiger partial charge in [0.2, 0.25) is 0 Å². The van der Waals surface area contributed by atoms with E-state index in [0.717, 1.165) is 24.9 Å². The van der Waals surface area contributed by atoms with Gasteiger partial charge in [0.05, 0.1) is 5.56 Å². The first-order valence-corrected chi connectivity index (χ1v) is 7.46. The van der Waals surface area contributed by atoms with Crippen molar-refractivity contribution in [2.45, 2.75) is 38.6 Å². The Morgan fingerprint density at radius 1 is 1.29 bits per heavy atom. The fourth-order valence-electron chi connectivity index (χ4n) is 2.44. The number of nitrogens with zero attached hydrogens (tertiary/aromatic N) is 1. The molecule has 0 atom stereocenters. The van der Waals surface area contributed by atoms with E-state index in [4.69, 9.17) is 5.11 Å². The summed E-state index contributed by atoms with van der Waals surface area (Å²) in [6, 6.07) is 5.07. The highest BCUT2D eigenvalue weighted by Gasteiger charge is 2.36. The third-order valence-corrected chi connectivity index (χ3v) is 4.13. The van der Waals surface area contributed by atoms with Crippen LogP contribution in [-0.4, -0.2) is 34.6 Å². The van der Waals surface area contributed by atoms with Crippen LogP contribution in [0.2, 0.25) is 0 Å². The Morgan fingerprint density at radius 2 is 2.00 bits per heavy atom. The molecule has 0 bridgehead atoms. The van der Waals surface area contributed by atoms with E-state index in [1.807, 2.05) is 11.8 Å². The quantitative estimate of drug-likeness (QED) is 0.874. The smallest absolute Gasteiger partial charge is 0.335 e. The molecule has 0 radical (unpaired) electrons. The van der Waals surface area contributed by atoms with Crippen LogP contribution >= 0.6 is 0 Å². The van der Waals surface area contributed by atoms with Gasteiger partial charge in [-0.05, 0) is 56.2 Å². The van der Waals surface area contributed by atoms with E-state index in [9.17, 15) is 9.59 Å². The minimum absolute atomic E-state index is 0.102. The number of nitrogens with one attached hydrogen (secondary N) is 1. The van der Waals surface area contributed by atoms with Gasteiger partial charge >= 0.3 is 12.0 Å². The maximum absolute atomic E-state index is 12.5. The molecule has 112 valence electrons. The number of urea groups is 1. The fourth-order valence-corrected chi connectivity index (χ4v) is 2.44. The molecule has 3 rings (SSSR count). The number of benzene rings is 1. The van der Waals surface area contributed by atoms with E-state index >= 15 is 0 Å². The van der Waals surface area contributed by atoms with Crippen LogP contribution in [0, 0.1) is 12.8 Å². The molecule has 0 spiro atoms. The number of amides is 2. The molecule has 5 nitrogen and oxygen atoms in total. The standard InChI is InChI=1S/C16H20N2O3/c1-10-2-5-12(15(19)20)8-14(10)17-16(21)18(13-6-7-13)9-11-3-4-11/h2,5,8,11,13H,3-4,6-7,9H2,1H3,(H,17,21)(H,19,20). The van der Waals surface area contributed by atoms with Crippen molar-refractivity contribution in [1.29, 1.82) is 0 Å². The summed E-state index contributed by atoms with van der Waals surface area (Å²) in [7, 11) is 0. The molecule has 0 unspecified atom stereocenters. The van der Waals surface area contributed by atoms with Crippen molar-refractivity contribution in [3.05, 3.63) is 29.3 Å². The van der Waals surface area contributed by atoms with Crippen molar-refractivity contribution < 1.29 is 14.7 Å². The molecule has 0 heterocycles. The molecule has 0 saturated heterocycles. The highest BCUT2D eigenvalue weighted by atomic mass is 16.4. The molecule has 0 aromatic heterocycles. The molecule has 0 aliphatic heterocycles. The topological polar surface area (TPSA) is 69.6 Å². The number of rotatable bonds is 5. The van der Waals surface area contributed by atoms with E-state index in [2.05, 4.69) is 5.32 Å². The second-order valence-electron chi connectivity index (χ2n) is 6.09. The second kappa shape index (κ2) is 5.39. The van der Waals surface area contributed by atoms with Gasteiger partial charge in [-0.2, -0.15) is 0 Å². The normalized spacial score (nSPS) is 17.4. The van der Waals surface area contributed by atoms with E-state index in [-0.39, 0.29) is 11.6 Å². The van der Waals surface area contributed by atoms with Crippen LogP contribution < -0.4 is 5.32 Å². The Morgan fingerprint density at radius 3 is 2.57 bits per heavy atom. The predicted molar refractivity (Wildman–Crippen MR) is 79.6 cm³/mol. The monoisotopic (exact) mass is 288 g/mol. The van der Waals surface area contributed by atoms with E-state index in [0.29, 0.717) is 17.6 Å². The number of aryl methyl sites for hydroxylation is 1. The van der Waals surface area contributed by atoms with Crippen LogP contribution in [0.15, 0.2) is 18.2 Å². The first-order valence-electron chi connectivity index (χ1n) is 7.46. The fraction of sp³-hybridized carbons (Fsp3) is 0.500. The maximum Gasteiger partial charge on any atom is 0.335 e. The lowest BCUT2D eigenvalue weighted by Crippen LogP contribution is -2.38. The van der Waals surface area contributed by atoms with Gasteiger partial charge in [-0.15, -0.1) is 0 Å². The van der Waals surface area contributed by atoms with Crippen LogP contribution in [0.25, 0.3) is 0 Å². The molecular formula is C16H20N2O3. The van der Waals surface area contributed by atoms with E-state index in [1.54, 1.807) is 12.1 Å². The van der Waals surface area contributed by atoms with Gasteiger partial charge in [0.1, 0.15) is 0 Å². The molecule has 5 heteroatoms. The van der Waals surface area contributed by atoms with Crippen LogP contribution in [-0.2, 0) is 0 Å². The molecule has 1 aromatic carbocycles. The van der Waals surface area contributed by atoms with Gasteiger partial charge in [0, 0.05) is 18.3 Å². The number of carboxylic acid groups (broad SMARTS) is 1. The number of carbonyl (C=O) groups excluding carboxylic acids is 1. The number of anilines is 1. The number of aromatic carboxylic acids is 1. The van der Waals surface area contributed by atoms with Gasteiger partial charge in [-0.1, -0.05) is 6.07 Å². The molecule has 1 aromatic rings. The summed E-state index contributed by atoms with van der Waals surface area (Å²) in [5.41, 5.74) is 1.65. The van der Waals surface area contributed by atoms with Gasteiger partial charge in [0.25, 0.3) is 0 Å².